The number of hydrogen-bond acceptors (Lipinski definition) is 4. The van der Waals surface area contributed by atoms with Gasteiger partial charge >= 0.3 is 5.97 Å². The van der Waals surface area contributed by atoms with E-state index in [9.17, 15) is 13.2 Å². The minimum absolute atomic E-state index is 0.325. The maximum absolute atomic E-state index is 11.0. The first-order chi connectivity index (χ1) is 8.40. The fraction of sp³-hybridized carbons (Fsp3) is 0.462. The van der Waals surface area contributed by atoms with E-state index in [1.807, 2.05) is 6.92 Å². The van der Waals surface area contributed by atoms with Crippen LogP contribution in [-0.2, 0) is 19.4 Å². The average molecular weight is 270 g/mol. The fourth-order valence-corrected chi connectivity index (χ4v) is 2.69. The monoisotopic (exact) mass is 270 g/mol. The van der Waals surface area contributed by atoms with Crippen LogP contribution in [0.2, 0.25) is 0 Å². The highest BCUT2D eigenvalue weighted by Crippen LogP contribution is 2.32. The molecule has 2 aliphatic rings. The molecule has 0 amide bonds. The van der Waals surface area contributed by atoms with Gasteiger partial charge in [0.25, 0.3) is 0 Å². The third-order valence-electron chi connectivity index (χ3n) is 2.64. The lowest BCUT2D eigenvalue weighted by molar-refractivity contribution is -0.140. The molecule has 0 spiro atoms. The lowest BCUT2D eigenvalue weighted by atomic mass is 10.2. The van der Waals surface area contributed by atoms with Crippen LogP contribution in [0.3, 0.4) is 0 Å². The minimum atomic E-state index is -3.31. The second kappa shape index (κ2) is 6.00. The first-order valence-corrected chi connectivity index (χ1v) is 7.72. The van der Waals surface area contributed by atoms with Gasteiger partial charge in [-0.05, 0) is 23.6 Å². The van der Waals surface area contributed by atoms with Gasteiger partial charge in [0.2, 0.25) is 0 Å². The smallest absolute Gasteiger partial charge is 0.324 e. The summed E-state index contributed by atoms with van der Waals surface area (Å²) in [6, 6.07) is 8.48. The van der Waals surface area contributed by atoms with Crippen molar-refractivity contribution in [2.75, 3.05) is 13.4 Å². The molecule has 18 heavy (non-hydrogen) atoms. The Morgan fingerprint density at radius 2 is 1.89 bits per heavy atom. The van der Waals surface area contributed by atoms with Crippen molar-refractivity contribution in [3.8, 4) is 11.1 Å². The van der Waals surface area contributed by atoms with Crippen molar-refractivity contribution in [2.24, 2.45) is 0 Å². The normalized spacial score (nSPS) is 13.1. The van der Waals surface area contributed by atoms with Crippen molar-refractivity contribution in [2.45, 2.75) is 25.0 Å². The summed E-state index contributed by atoms with van der Waals surface area (Å²) < 4.78 is 26.4. The van der Waals surface area contributed by atoms with Gasteiger partial charge in [0, 0.05) is 6.26 Å². The molecule has 0 N–H and O–H groups in total. The van der Waals surface area contributed by atoms with Crippen LogP contribution in [0.5, 0.6) is 0 Å². The maximum atomic E-state index is 11.0. The third-order valence-corrected chi connectivity index (χ3v) is 4.11. The topological polar surface area (TPSA) is 60.4 Å². The molecule has 0 saturated heterocycles. The number of rotatable bonds is 4. The van der Waals surface area contributed by atoms with Gasteiger partial charge in [-0.15, -0.1) is 0 Å². The van der Waals surface area contributed by atoms with Gasteiger partial charge in [-0.2, -0.15) is 0 Å². The van der Waals surface area contributed by atoms with E-state index in [2.05, 4.69) is 29.0 Å². The van der Waals surface area contributed by atoms with Gasteiger partial charge in [-0.1, -0.05) is 31.5 Å². The number of ether oxygens (including phenoxy) is 1. The zero-order valence-electron chi connectivity index (χ0n) is 10.8. The van der Waals surface area contributed by atoms with Gasteiger partial charge < -0.3 is 4.74 Å². The second-order valence-corrected chi connectivity index (χ2v) is 6.44. The van der Waals surface area contributed by atoms with Crippen LogP contribution in [0.25, 0.3) is 11.1 Å². The fourth-order valence-electron chi connectivity index (χ4n) is 1.58. The van der Waals surface area contributed by atoms with E-state index in [-0.39, 0.29) is 0 Å². The molecule has 0 aliphatic heterocycles. The zero-order valence-corrected chi connectivity index (χ0v) is 11.7. The molecule has 0 radical (unpaired) electrons. The van der Waals surface area contributed by atoms with E-state index in [1.165, 1.54) is 18.2 Å². The molecule has 0 aromatic heterocycles. The molecule has 5 heteroatoms. The summed E-state index contributed by atoms with van der Waals surface area (Å²) in [5, 5.41) is -0.993. The first-order valence-electron chi connectivity index (χ1n) is 5.77. The van der Waals surface area contributed by atoms with Gasteiger partial charge in [-0.25, -0.2) is 8.42 Å². The van der Waals surface area contributed by atoms with Gasteiger partial charge in [-0.3, -0.25) is 4.79 Å². The number of sulfone groups is 1. The molecule has 1 atom stereocenters. The van der Waals surface area contributed by atoms with E-state index in [0.29, 0.717) is 12.8 Å². The van der Waals surface area contributed by atoms with Crippen molar-refractivity contribution in [1.82, 2.24) is 0 Å². The Bertz CT molecular complexity index is 502. The second-order valence-electron chi connectivity index (χ2n) is 4.21. The van der Waals surface area contributed by atoms with Crippen molar-refractivity contribution in [3.63, 3.8) is 0 Å². The van der Waals surface area contributed by atoms with Crippen molar-refractivity contribution < 1.29 is 17.9 Å². The number of methoxy groups -OCH3 is 1. The Morgan fingerprint density at radius 3 is 2.11 bits per heavy atom. The Balaban J connectivity index is 0.000000217. The summed E-state index contributed by atoms with van der Waals surface area (Å²) >= 11 is 0. The van der Waals surface area contributed by atoms with Gasteiger partial charge in [0.05, 0.1) is 7.11 Å². The van der Waals surface area contributed by atoms with E-state index in [1.54, 1.807) is 0 Å². The summed E-state index contributed by atoms with van der Waals surface area (Å²) in [5.74, 6) is -0.667. The number of hydrogen-bond donors (Lipinski definition) is 0. The molecule has 0 aromatic carbocycles. The lowest BCUT2D eigenvalue weighted by Gasteiger charge is -2.10. The Labute approximate surface area is 108 Å². The Kier molecular flexibility index (Phi) is 4.90. The van der Waals surface area contributed by atoms with Crippen LogP contribution < -0.4 is 0 Å². The first kappa shape index (κ1) is 14.7. The third kappa shape index (κ3) is 4.14. The van der Waals surface area contributed by atoms with E-state index >= 15 is 0 Å². The molecule has 0 fully saturated rings. The highest BCUT2D eigenvalue weighted by atomic mass is 32.2. The zero-order chi connectivity index (χ0) is 13.8. The molecule has 0 saturated carbocycles. The summed E-state index contributed by atoms with van der Waals surface area (Å²) in [6.45, 7) is 1.82. The predicted molar refractivity (Wildman–Crippen MR) is 71.0 cm³/mol. The molecular weight excluding hydrogens is 252 g/mol. The average Bonchev–Trinajstić information content (AvgIpc) is 2.91. The van der Waals surface area contributed by atoms with E-state index in [0.717, 1.165) is 6.26 Å². The highest BCUT2D eigenvalue weighted by molar-refractivity contribution is 7.92. The standard InChI is InChI=1S/C7H14O4S.C6H4/c1-4-5-6(7(8)11-2)12(3,9)10;1-2-5-4-6(5)3-1/h6H,4-5H2,1-3H3;1-4H. The van der Waals surface area contributed by atoms with Crippen LogP contribution in [-0.4, -0.2) is 33.0 Å². The number of fused-ring (bicyclic) bond motifs is 1. The number of benzene rings is 1. The molecule has 0 heterocycles. The molecule has 1 unspecified atom stereocenters. The highest BCUT2D eigenvalue weighted by Gasteiger charge is 2.28. The largest absolute Gasteiger partial charge is 0.468 e. The molecular formula is C13H18O4S. The summed E-state index contributed by atoms with van der Waals surface area (Å²) in [6.07, 6.45) is 2.02. The molecule has 0 bridgehead atoms. The van der Waals surface area contributed by atoms with Gasteiger partial charge in [0.1, 0.15) is 0 Å². The maximum Gasteiger partial charge on any atom is 0.324 e. The van der Waals surface area contributed by atoms with Crippen molar-refractivity contribution >= 4 is 15.8 Å². The minimum Gasteiger partial charge on any atom is -0.468 e. The molecule has 0 aromatic rings. The van der Waals surface area contributed by atoms with Crippen LogP contribution in [0, 0.1) is 0 Å². The van der Waals surface area contributed by atoms with Crippen LogP contribution in [0.1, 0.15) is 19.8 Å². The summed E-state index contributed by atoms with van der Waals surface area (Å²) in [4.78, 5) is 10.9. The summed E-state index contributed by atoms with van der Waals surface area (Å²) in [7, 11) is -2.12. The molecule has 2 rings (SSSR count). The van der Waals surface area contributed by atoms with E-state index < -0.39 is 21.1 Å². The Morgan fingerprint density at radius 1 is 1.33 bits per heavy atom. The van der Waals surface area contributed by atoms with Crippen molar-refractivity contribution in [3.05, 3.63) is 24.3 Å². The number of carbonyl (C=O) groups is 1. The quantitative estimate of drug-likeness (QED) is 0.798. The molecule has 2 aliphatic carbocycles. The van der Waals surface area contributed by atoms with Crippen LogP contribution in [0.15, 0.2) is 24.3 Å². The molecule has 4 nitrogen and oxygen atoms in total. The van der Waals surface area contributed by atoms with E-state index in [4.69, 9.17) is 0 Å². The van der Waals surface area contributed by atoms with Crippen LogP contribution >= 0.6 is 0 Å². The van der Waals surface area contributed by atoms with Gasteiger partial charge in [0.15, 0.2) is 15.1 Å². The number of esters is 1. The Hall–Kier alpha value is -1.36. The van der Waals surface area contributed by atoms with Crippen LogP contribution in [0.4, 0.5) is 0 Å². The molecule has 100 valence electrons. The SMILES string of the molecule is CCCC(C(=O)OC)S(C)(=O)=O.c1cc2cc-2c1. The summed E-state index contributed by atoms with van der Waals surface area (Å²) in [5.41, 5.74) is 2.85. The van der Waals surface area contributed by atoms with Crippen molar-refractivity contribution in [1.29, 1.82) is 0 Å². The predicted octanol–water partition coefficient (Wildman–Crippen LogP) is 2.04. The lowest BCUT2D eigenvalue weighted by Crippen LogP contribution is -2.30. The number of carbonyl (C=O) groups excluding carboxylic acids is 1.